The lowest BCUT2D eigenvalue weighted by Gasteiger charge is -2.19. The average molecular weight is 333 g/mol. The molecule has 4 amide bonds. The number of para-hydroxylation sites is 1. The number of nitrogens with zero attached hydrogens (tertiary/aromatic N) is 2. The number of carbonyl (C=O) groups is 4. The summed E-state index contributed by atoms with van der Waals surface area (Å²) in [5, 5.41) is 1.94. The number of imide groups is 2. The number of nitrogens with one attached hydrogen (secondary N) is 1. The molecule has 0 spiro atoms. The van der Waals surface area contributed by atoms with E-state index < -0.39 is 5.37 Å². The van der Waals surface area contributed by atoms with Crippen molar-refractivity contribution < 1.29 is 19.2 Å². The largest absolute Gasteiger partial charge is 0.365 e. The van der Waals surface area contributed by atoms with Crippen LogP contribution in [0.25, 0.3) is 0 Å². The van der Waals surface area contributed by atoms with Crippen molar-refractivity contribution in [2.45, 2.75) is 18.2 Å². The summed E-state index contributed by atoms with van der Waals surface area (Å²) in [6, 6.07) is 9.13. The first-order valence-electron chi connectivity index (χ1n) is 7.23. The summed E-state index contributed by atoms with van der Waals surface area (Å²) in [5.74, 6) is -0.857. The van der Waals surface area contributed by atoms with E-state index >= 15 is 0 Å². The summed E-state index contributed by atoms with van der Waals surface area (Å²) in [7, 11) is 0. The highest BCUT2D eigenvalue weighted by molar-refractivity contribution is 8.15. The zero-order valence-electron chi connectivity index (χ0n) is 12.2. The Hall–Kier alpha value is -2.35. The van der Waals surface area contributed by atoms with Crippen molar-refractivity contribution in [2.24, 2.45) is 0 Å². The van der Waals surface area contributed by atoms with Crippen LogP contribution in [-0.4, -0.2) is 51.2 Å². The van der Waals surface area contributed by atoms with Crippen LogP contribution in [0.1, 0.15) is 12.8 Å². The number of thioether (sulfide) groups is 1. The van der Waals surface area contributed by atoms with Gasteiger partial charge in [0, 0.05) is 31.6 Å². The number of anilines is 1. The lowest BCUT2D eigenvalue weighted by molar-refractivity contribution is -0.139. The van der Waals surface area contributed by atoms with E-state index in [-0.39, 0.29) is 48.9 Å². The summed E-state index contributed by atoms with van der Waals surface area (Å²) >= 11 is 0.899. The second kappa shape index (κ2) is 6.41. The molecule has 1 aromatic carbocycles. The van der Waals surface area contributed by atoms with Crippen LogP contribution in [-0.2, 0) is 14.4 Å². The second-order valence-electron chi connectivity index (χ2n) is 5.20. The number of hydrogen-bond donors (Lipinski definition) is 1. The number of rotatable bonds is 5. The molecule has 2 saturated heterocycles. The quantitative estimate of drug-likeness (QED) is 0.817. The fourth-order valence-electron chi connectivity index (χ4n) is 2.50. The fourth-order valence-corrected chi connectivity index (χ4v) is 3.43. The maximum Gasteiger partial charge on any atom is 0.290 e. The molecule has 0 aromatic heterocycles. The van der Waals surface area contributed by atoms with Crippen LogP contribution in [0.4, 0.5) is 10.5 Å². The molecular weight excluding hydrogens is 318 g/mol. The first kappa shape index (κ1) is 15.5. The minimum atomic E-state index is -0.685. The molecule has 1 aromatic rings. The minimum Gasteiger partial charge on any atom is -0.365 e. The van der Waals surface area contributed by atoms with E-state index in [4.69, 9.17) is 0 Å². The van der Waals surface area contributed by atoms with E-state index in [2.05, 4.69) is 5.32 Å². The van der Waals surface area contributed by atoms with Gasteiger partial charge in [0.25, 0.3) is 11.1 Å². The normalized spacial score (nSPS) is 21.5. The van der Waals surface area contributed by atoms with Crippen LogP contribution in [0.15, 0.2) is 30.3 Å². The monoisotopic (exact) mass is 333 g/mol. The van der Waals surface area contributed by atoms with Crippen molar-refractivity contribution in [2.75, 3.05) is 18.4 Å². The maximum absolute atomic E-state index is 12.3. The fraction of sp³-hybridized carbons (Fsp3) is 0.333. The van der Waals surface area contributed by atoms with Gasteiger partial charge in [-0.2, -0.15) is 0 Å². The molecule has 7 nitrogen and oxygen atoms in total. The van der Waals surface area contributed by atoms with Crippen molar-refractivity contribution >= 4 is 40.4 Å². The van der Waals surface area contributed by atoms with E-state index in [9.17, 15) is 19.2 Å². The van der Waals surface area contributed by atoms with Gasteiger partial charge in [-0.1, -0.05) is 18.2 Å². The first-order chi connectivity index (χ1) is 11.1. The van der Waals surface area contributed by atoms with Crippen LogP contribution in [0, 0.1) is 0 Å². The molecule has 8 heteroatoms. The Morgan fingerprint density at radius 2 is 1.57 bits per heavy atom. The average Bonchev–Trinajstić information content (AvgIpc) is 2.99. The Kier molecular flexibility index (Phi) is 4.33. The summed E-state index contributed by atoms with van der Waals surface area (Å²) in [4.78, 5) is 49.6. The van der Waals surface area contributed by atoms with E-state index in [1.807, 2.05) is 30.3 Å². The summed E-state index contributed by atoms with van der Waals surface area (Å²) in [6.45, 7) is 0.100. The van der Waals surface area contributed by atoms with Crippen LogP contribution >= 0.6 is 11.8 Å². The van der Waals surface area contributed by atoms with Gasteiger partial charge in [-0.15, -0.1) is 0 Å². The SMILES string of the molecule is O=C1CCC(=O)N1CCN1C(=O)S[C@@H](Nc2ccccc2)C1=O. The molecular formula is C15H15N3O4S. The van der Waals surface area contributed by atoms with Gasteiger partial charge >= 0.3 is 0 Å². The number of carbonyl (C=O) groups excluding carboxylic acids is 4. The topological polar surface area (TPSA) is 86.8 Å². The molecule has 2 heterocycles. The molecule has 0 bridgehead atoms. The summed E-state index contributed by atoms with van der Waals surface area (Å²) in [5.41, 5.74) is 0.748. The number of hydrogen-bond acceptors (Lipinski definition) is 6. The predicted molar refractivity (Wildman–Crippen MR) is 84.5 cm³/mol. The van der Waals surface area contributed by atoms with Gasteiger partial charge in [-0.3, -0.25) is 29.0 Å². The number of amides is 4. The Morgan fingerprint density at radius 1 is 0.957 bits per heavy atom. The van der Waals surface area contributed by atoms with Crippen LogP contribution in [0.3, 0.4) is 0 Å². The van der Waals surface area contributed by atoms with Crippen molar-refractivity contribution in [3.05, 3.63) is 30.3 Å². The molecule has 0 saturated carbocycles. The van der Waals surface area contributed by atoms with Gasteiger partial charge < -0.3 is 5.32 Å². The molecule has 23 heavy (non-hydrogen) atoms. The molecule has 1 N–H and O–H groups in total. The molecule has 3 rings (SSSR count). The lowest BCUT2D eigenvalue weighted by atomic mass is 10.3. The molecule has 1 atom stereocenters. The molecule has 0 unspecified atom stereocenters. The zero-order valence-corrected chi connectivity index (χ0v) is 13.0. The summed E-state index contributed by atoms with van der Waals surface area (Å²) in [6.07, 6.45) is 0.404. The van der Waals surface area contributed by atoms with E-state index in [0.717, 1.165) is 27.2 Å². The third-order valence-corrected chi connectivity index (χ3v) is 4.68. The van der Waals surface area contributed by atoms with E-state index in [1.54, 1.807) is 0 Å². The predicted octanol–water partition coefficient (Wildman–Crippen LogP) is 1.27. The standard InChI is InChI=1S/C15H15N3O4S/c19-11-6-7-12(20)17(11)8-9-18-14(21)13(23-15(18)22)16-10-4-2-1-3-5-10/h1-5,13,16H,6-9H2/t13-/m1/s1. The smallest absolute Gasteiger partial charge is 0.290 e. The van der Waals surface area contributed by atoms with Crippen LogP contribution < -0.4 is 5.32 Å². The number of likely N-dealkylation sites (tertiary alicyclic amines) is 1. The van der Waals surface area contributed by atoms with Crippen molar-refractivity contribution in [1.82, 2.24) is 9.80 Å². The molecule has 0 radical (unpaired) electrons. The summed E-state index contributed by atoms with van der Waals surface area (Å²) < 4.78 is 0. The third kappa shape index (κ3) is 3.21. The second-order valence-corrected chi connectivity index (χ2v) is 6.26. The maximum atomic E-state index is 12.3. The van der Waals surface area contributed by atoms with Gasteiger partial charge in [-0.05, 0) is 23.9 Å². The Balaban J connectivity index is 1.60. The Morgan fingerprint density at radius 3 is 2.22 bits per heavy atom. The third-order valence-electron chi connectivity index (χ3n) is 3.70. The highest BCUT2D eigenvalue weighted by Crippen LogP contribution is 2.28. The van der Waals surface area contributed by atoms with Gasteiger partial charge in [0.15, 0.2) is 5.37 Å². The Bertz CT molecular complexity index is 648. The lowest BCUT2D eigenvalue weighted by Crippen LogP contribution is -2.41. The number of benzene rings is 1. The van der Waals surface area contributed by atoms with Crippen LogP contribution in [0.2, 0.25) is 0 Å². The van der Waals surface area contributed by atoms with E-state index in [1.165, 1.54) is 0 Å². The highest BCUT2D eigenvalue weighted by Gasteiger charge is 2.40. The van der Waals surface area contributed by atoms with Crippen molar-refractivity contribution in [3.63, 3.8) is 0 Å². The van der Waals surface area contributed by atoms with Gasteiger partial charge in [-0.25, -0.2) is 0 Å². The van der Waals surface area contributed by atoms with Crippen molar-refractivity contribution in [1.29, 1.82) is 0 Å². The minimum absolute atomic E-state index is 0.0368. The van der Waals surface area contributed by atoms with Gasteiger partial charge in [0.1, 0.15) is 0 Å². The molecule has 2 aliphatic heterocycles. The van der Waals surface area contributed by atoms with Gasteiger partial charge in [0.2, 0.25) is 11.8 Å². The molecule has 2 fully saturated rings. The molecule has 0 aliphatic carbocycles. The zero-order chi connectivity index (χ0) is 16.4. The highest BCUT2D eigenvalue weighted by atomic mass is 32.2. The van der Waals surface area contributed by atoms with Crippen LogP contribution in [0.5, 0.6) is 0 Å². The van der Waals surface area contributed by atoms with E-state index in [0.29, 0.717) is 0 Å². The van der Waals surface area contributed by atoms with Gasteiger partial charge in [0.05, 0.1) is 0 Å². The first-order valence-corrected chi connectivity index (χ1v) is 8.11. The Labute approximate surface area is 137 Å². The molecule has 2 aliphatic rings. The van der Waals surface area contributed by atoms with Crippen molar-refractivity contribution in [3.8, 4) is 0 Å². The molecule has 120 valence electrons.